The maximum absolute atomic E-state index is 13.7. The second-order valence-corrected chi connectivity index (χ2v) is 9.86. The van der Waals surface area contributed by atoms with Gasteiger partial charge in [-0.3, -0.25) is 5.41 Å². The molecule has 1 aliphatic heterocycles. The molecule has 1 unspecified atom stereocenters. The number of hydrogen-bond donors (Lipinski definition) is 3. The van der Waals surface area contributed by atoms with Gasteiger partial charge in [-0.2, -0.15) is 0 Å². The molecule has 0 aliphatic carbocycles. The molecule has 0 aromatic heterocycles. The zero-order valence-corrected chi connectivity index (χ0v) is 21.4. The van der Waals surface area contributed by atoms with Crippen molar-refractivity contribution in [1.82, 2.24) is 10.2 Å². The Hall–Kier alpha value is -4.08. The Kier molecular flexibility index (Phi) is 8.75. The Morgan fingerprint density at radius 1 is 0.973 bits per heavy atom. The minimum Gasteiger partial charge on any atom is -0.459 e. The van der Waals surface area contributed by atoms with Crippen molar-refractivity contribution in [3.8, 4) is 0 Å². The lowest BCUT2D eigenvalue weighted by molar-refractivity contribution is -0.177. The van der Waals surface area contributed by atoms with Gasteiger partial charge >= 0.3 is 18.0 Å². The fourth-order valence-corrected chi connectivity index (χ4v) is 4.12. The summed E-state index contributed by atoms with van der Waals surface area (Å²) >= 11 is 0. The minimum absolute atomic E-state index is 0.0384. The molecule has 37 heavy (non-hydrogen) atoms. The van der Waals surface area contributed by atoms with Crippen LogP contribution in [0.4, 0.5) is 4.79 Å². The molecule has 10 heteroatoms. The summed E-state index contributed by atoms with van der Waals surface area (Å²) in [6.07, 6.45) is -0.580. The number of ether oxygens (including phenoxy) is 3. The Morgan fingerprint density at radius 2 is 1.46 bits per heavy atom. The van der Waals surface area contributed by atoms with Crippen LogP contribution in [0.15, 0.2) is 60.7 Å². The number of amides is 1. The second kappa shape index (κ2) is 11.8. The molecule has 1 heterocycles. The number of nitrogens with two attached hydrogens (primary N) is 1. The molecule has 0 bridgehead atoms. The monoisotopic (exact) mass is 510 g/mol. The number of likely N-dealkylation sites (tertiary alicyclic amines) is 1. The number of carbonyl (C=O) groups excluding carboxylic acids is 3. The van der Waals surface area contributed by atoms with Gasteiger partial charge in [0.1, 0.15) is 18.8 Å². The Morgan fingerprint density at radius 3 is 1.89 bits per heavy atom. The first kappa shape index (κ1) is 27.5. The summed E-state index contributed by atoms with van der Waals surface area (Å²) < 4.78 is 16.5. The van der Waals surface area contributed by atoms with Gasteiger partial charge in [-0.1, -0.05) is 60.7 Å². The molecule has 0 spiro atoms. The van der Waals surface area contributed by atoms with Crippen LogP contribution in [0, 0.1) is 5.41 Å². The maximum atomic E-state index is 13.7. The molecule has 1 fully saturated rings. The van der Waals surface area contributed by atoms with Crippen molar-refractivity contribution in [2.45, 2.75) is 64.0 Å². The molecule has 4 N–H and O–H groups in total. The number of nitrogens with zero attached hydrogens (tertiary/aromatic N) is 1. The average molecular weight is 511 g/mol. The van der Waals surface area contributed by atoms with Crippen LogP contribution in [-0.2, 0) is 37.0 Å². The molecule has 2 aromatic carbocycles. The number of esters is 2. The van der Waals surface area contributed by atoms with Gasteiger partial charge in [0.25, 0.3) is 0 Å². The Labute approximate surface area is 216 Å². The van der Waals surface area contributed by atoms with Crippen LogP contribution in [-0.4, -0.2) is 52.6 Å². The number of hydrogen-bond acceptors (Lipinski definition) is 7. The summed E-state index contributed by atoms with van der Waals surface area (Å²) in [6.45, 7) is 5.05. The van der Waals surface area contributed by atoms with E-state index >= 15 is 0 Å². The molecule has 198 valence electrons. The summed E-state index contributed by atoms with van der Waals surface area (Å²) in [6, 6.07) is 17.4. The van der Waals surface area contributed by atoms with E-state index in [-0.39, 0.29) is 26.2 Å². The lowest BCUT2D eigenvalue weighted by Gasteiger charge is -2.45. The molecule has 1 atom stereocenters. The first-order valence-electron chi connectivity index (χ1n) is 12.0. The van der Waals surface area contributed by atoms with Crippen LogP contribution < -0.4 is 11.1 Å². The number of nitrogens with one attached hydrogen (secondary N) is 2. The molecule has 2 aromatic rings. The lowest BCUT2D eigenvalue weighted by atomic mass is 9.83. The Bertz CT molecular complexity index is 1050. The van der Waals surface area contributed by atoms with E-state index in [2.05, 4.69) is 5.32 Å². The highest BCUT2D eigenvalue weighted by Crippen LogP contribution is 2.32. The third-order valence-corrected chi connectivity index (χ3v) is 5.82. The lowest BCUT2D eigenvalue weighted by Crippen LogP contribution is -2.69. The van der Waals surface area contributed by atoms with Gasteiger partial charge in [0.05, 0.1) is 0 Å². The van der Waals surface area contributed by atoms with Crippen molar-refractivity contribution in [3.05, 3.63) is 71.8 Å². The van der Waals surface area contributed by atoms with Crippen LogP contribution in [0.3, 0.4) is 0 Å². The highest BCUT2D eigenvalue weighted by molar-refractivity contribution is 6.08. The third kappa shape index (κ3) is 7.22. The highest BCUT2D eigenvalue weighted by atomic mass is 16.6. The summed E-state index contributed by atoms with van der Waals surface area (Å²) in [5.41, 5.74) is 4.48. The van der Waals surface area contributed by atoms with E-state index in [0.29, 0.717) is 6.42 Å². The summed E-state index contributed by atoms with van der Waals surface area (Å²) in [5, 5.41) is 10.9. The van der Waals surface area contributed by atoms with Crippen LogP contribution >= 0.6 is 0 Å². The van der Waals surface area contributed by atoms with Crippen LogP contribution in [0.1, 0.15) is 44.7 Å². The maximum Gasteiger partial charge on any atom is 0.407 e. The van der Waals surface area contributed by atoms with E-state index in [4.69, 9.17) is 25.4 Å². The quantitative estimate of drug-likeness (QED) is 0.169. The summed E-state index contributed by atoms with van der Waals surface area (Å²) in [4.78, 5) is 41.0. The van der Waals surface area contributed by atoms with Crippen molar-refractivity contribution < 1.29 is 28.6 Å². The average Bonchev–Trinajstić information content (AvgIpc) is 2.85. The first-order chi connectivity index (χ1) is 17.5. The van der Waals surface area contributed by atoms with Crippen molar-refractivity contribution in [2.24, 2.45) is 5.73 Å². The molecule has 0 radical (unpaired) electrons. The van der Waals surface area contributed by atoms with Crippen molar-refractivity contribution in [1.29, 1.82) is 5.41 Å². The molecule has 10 nitrogen and oxygen atoms in total. The topological polar surface area (TPSA) is 144 Å². The number of carbonyl (C=O) groups is 3. The van der Waals surface area contributed by atoms with Crippen molar-refractivity contribution in [2.75, 3.05) is 6.54 Å². The van der Waals surface area contributed by atoms with Gasteiger partial charge in [-0.05, 0) is 38.3 Å². The molecule has 3 rings (SSSR count). The van der Waals surface area contributed by atoms with Crippen LogP contribution in [0.25, 0.3) is 0 Å². The van der Waals surface area contributed by atoms with E-state index in [9.17, 15) is 14.4 Å². The van der Waals surface area contributed by atoms with E-state index in [1.165, 1.54) is 4.90 Å². The van der Waals surface area contributed by atoms with E-state index < -0.39 is 41.2 Å². The first-order valence-corrected chi connectivity index (χ1v) is 12.0. The van der Waals surface area contributed by atoms with Gasteiger partial charge in [-0.25, -0.2) is 14.4 Å². The van der Waals surface area contributed by atoms with Crippen molar-refractivity contribution in [3.63, 3.8) is 0 Å². The van der Waals surface area contributed by atoms with Crippen LogP contribution in [0.2, 0.25) is 0 Å². The predicted molar refractivity (Wildman–Crippen MR) is 136 cm³/mol. The number of alkyl carbamates (subject to hydrolysis) is 1. The summed E-state index contributed by atoms with van der Waals surface area (Å²) in [7, 11) is 0. The Balaban J connectivity index is 1.90. The number of guanidine groups is 1. The number of rotatable bonds is 7. The SMILES string of the molecule is CC(C)(C)OC(=O)NC1CCN(C(=N)N)C(C(=O)OCc2ccccc2)(C(=O)OCc2ccccc2)C1. The molecular weight excluding hydrogens is 476 g/mol. The fourth-order valence-electron chi connectivity index (χ4n) is 4.12. The van der Waals surface area contributed by atoms with Gasteiger partial charge < -0.3 is 30.2 Å². The zero-order chi connectivity index (χ0) is 27.1. The molecular formula is C27H34N4O6. The largest absolute Gasteiger partial charge is 0.459 e. The van der Waals surface area contributed by atoms with E-state index in [0.717, 1.165) is 11.1 Å². The number of benzene rings is 2. The van der Waals surface area contributed by atoms with E-state index in [1.807, 2.05) is 12.1 Å². The van der Waals surface area contributed by atoms with Gasteiger partial charge in [-0.15, -0.1) is 0 Å². The fraction of sp³-hybridized carbons (Fsp3) is 0.407. The van der Waals surface area contributed by atoms with Gasteiger partial charge in [0.2, 0.25) is 5.54 Å². The van der Waals surface area contributed by atoms with Crippen molar-refractivity contribution >= 4 is 24.0 Å². The highest BCUT2D eigenvalue weighted by Gasteiger charge is 2.58. The molecule has 1 amide bonds. The van der Waals surface area contributed by atoms with Gasteiger partial charge in [0, 0.05) is 19.0 Å². The molecule has 1 saturated heterocycles. The summed E-state index contributed by atoms with van der Waals surface area (Å²) in [5.74, 6) is -2.32. The molecule has 1 aliphatic rings. The normalized spacial score (nSPS) is 16.8. The number of piperidine rings is 1. The van der Waals surface area contributed by atoms with Gasteiger partial charge in [0.15, 0.2) is 5.96 Å². The predicted octanol–water partition coefficient (Wildman–Crippen LogP) is 3.09. The smallest absolute Gasteiger partial charge is 0.407 e. The third-order valence-electron chi connectivity index (χ3n) is 5.82. The second-order valence-electron chi connectivity index (χ2n) is 9.86. The van der Waals surface area contributed by atoms with Crippen LogP contribution in [0.5, 0.6) is 0 Å². The van der Waals surface area contributed by atoms with E-state index in [1.54, 1.807) is 69.3 Å². The zero-order valence-electron chi connectivity index (χ0n) is 21.4. The minimum atomic E-state index is -2.08. The molecule has 0 saturated carbocycles. The standard InChI is InChI=1S/C27H34N4O6/c1-26(2,3)37-25(34)30-21-14-15-31(24(28)29)27(16-21,22(32)35-17-19-10-6-4-7-11-19)23(33)36-18-20-12-8-5-9-13-20/h4-13,21H,14-18H2,1-3H3,(H3,28,29)(H,30,34).